The molecule has 22 heavy (non-hydrogen) atoms. The van der Waals surface area contributed by atoms with Crippen molar-refractivity contribution in [3.8, 4) is 5.75 Å². The molecule has 1 N–H and O–H groups in total. The number of benzene rings is 2. The Bertz CT molecular complexity index is 677. The van der Waals surface area contributed by atoms with Gasteiger partial charge in [-0.2, -0.15) is 0 Å². The molecule has 3 heteroatoms. The Morgan fingerprint density at radius 1 is 0.909 bits per heavy atom. The predicted molar refractivity (Wildman–Crippen MR) is 89.7 cm³/mol. The Balaban J connectivity index is 1.81. The third-order valence-electron chi connectivity index (χ3n) is 3.90. The number of rotatable bonds is 5. The molecule has 0 aliphatic heterocycles. The summed E-state index contributed by atoms with van der Waals surface area (Å²) in [5, 5.41) is 2.88. The first-order valence-electron chi connectivity index (χ1n) is 7.53. The molecular weight excluding hydrogens is 274 g/mol. The van der Waals surface area contributed by atoms with Gasteiger partial charge in [0.2, 0.25) is 0 Å². The van der Waals surface area contributed by atoms with Crippen molar-refractivity contribution in [2.45, 2.75) is 27.7 Å². The fourth-order valence-electron chi connectivity index (χ4n) is 2.12. The van der Waals surface area contributed by atoms with Gasteiger partial charge in [0, 0.05) is 5.56 Å². The Morgan fingerprint density at radius 2 is 1.55 bits per heavy atom. The highest BCUT2D eigenvalue weighted by atomic mass is 16.5. The largest absolute Gasteiger partial charge is 0.492 e. The summed E-state index contributed by atoms with van der Waals surface area (Å²) in [5.41, 5.74) is 5.45. The normalized spacial score (nSPS) is 10.4. The summed E-state index contributed by atoms with van der Waals surface area (Å²) < 4.78 is 5.66. The molecule has 0 unspecified atom stereocenters. The van der Waals surface area contributed by atoms with Crippen LogP contribution >= 0.6 is 0 Å². The standard InChI is InChI=1S/C19H23NO2/c1-13-5-7-17(11-15(13)3)19(21)20-9-10-22-18-8-6-14(2)16(4)12-18/h5-8,11-12H,9-10H2,1-4H3,(H,20,21). The van der Waals surface area contributed by atoms with E-state index in [1.165, 1.54) is 16.7 Å². The van der Waals surface area contributed by atoms with E-state index in [1.807, 2.05) is 50.2 Å². The second kappa shape index (κ2) is 7.12. The molecule has 0 saturated heterocycles. The first-order valence-corrected chi connectivity index (χ1v) is 7.53. The lowest BCUT2D eigenvalue weighted by atomic mass is 10.1. The van der Waals surface area contributed by atoms with E-state index in [1.54, 1.807) is 0 Å². The lowest BCUT2D eigenvalue weighted by Crippen LogP contribution is -2.28. The van der Waals surface area contributed by atoms with Gasteiger partial charge in [-0.1, -0.05) is 12.1 Å². The molecule has 0 aliphatic carbocycles. The average Bonchev–Trinajstić information content (AvgIpc) is 2.49. The molecule has 0 aliphatic rings. The first-order chi connectivity index (χ1) is 10.5. The zero-order valence-electron chi connectivity index (χ0n) is 13.7. The van der Waals surface area contributed by atoms with Crippen LogP contribution in [0.4, 0.5) is 0 Å². The van der Waals surface area contributed by atoms with Crippen LogP contribution in [0, 0.1) is 27.7 Å². The molecule has 2 aromatic rings. The van der Waals surface area contributed by atoms with Crippen molar-refractivity contribution >= 4 is 5.91 Å². The fourth-order valence-corrected chi connectivity index (χ4v) is 2.12. The maximum Gasteiger partial charge on any atom is 0.251 e. The van der Waals surface area contributed by atoms with Crippen molar-refractivity contribution < 1.29 is 9.53 Å². The van der Waals surface area contributed by atoms with E-state index in [4.69, 9.17) is 4.74 Å². The summed E-state index contributed by atoms with van der Waals surface area (Å²) >= 11 is 0. The van der Waals surface area contributed by atoms with Gasteiger partial charge in [-0.25, -0.2) is 0 Å². The third kappa shape index (κ3) is 4.10. The number of hydrogen-bond donors (Lipinski definition) is 1. The number of carbonyl (C=O) groups is 1. The molecule has 0 radical (unpaired) electrons. The van der Waals surface area contributed by atoms with E-state index in [-0.39, 0.29) is 5.91 Å². The number of nitrogens with one attached hydrogen (secondary N) is 1. The molecule has 0 fully saturated rings. The van der Waals surface area contributed by atoms with Gasteiger partial charge in [-0.3, -0.25) is 4.79 Å². The van der Waals surface area contributed by atoms with Crippen LogP contribution in [0.25, 0.3) is 0 Å². The van der Waals surface area contributed by atoms with Crippen molar-refractivity contribution in [2.24, 2.45) is 0 Å². The van der Waals surface area contributed by atoms with Crippen LogP contribution in [0.2, 0.25) is 0 Å². The van der Waals surface area contributed by atoms with E-state index in [2.05, 4.69) is 19.2 Å². The summed E-state index contributed by atoms with van der Waals surface area (Å²) in [6, 6.07) is 11.7. The molecule has 0 atom stereocenters. The summed E-state index contributed by atoms with van der Waals surface area (Å²) in [6.07, 6.45) is 0. The first kappa shape index (κ1) is 16.1. The van der Waals surface area contributed by atoms with Gasteiger partial charge in [-0.05, 0) is 74.2 Å². The zero-order chi connectivity index (χ0) is 16.1. The van der Waals surface area contributed by atoms with Crippen LogP contribution in [0.5, 0.6) is 5.75 Å². The van der Waals surface area contributed by atoms with Gasteiger partial charge in [-0.15, -0.1) is 0 Å². The van der Waals surface area contributed by atoms with Crippen LogP contribution in [-0.2, 0) is 0 Å². The minimum Gasteiger partial charge on any atom is -0.492 e. The van der Waals surface area contributed by atoms with Gasteiger partial charge in [0.05, 0.1) is 6.54 Å². The van der Waals surface area contributed by atoms with E-state index in [0.29, 0.717) is 18.7 Å². The van der Waals surface area contributed by atoms with Gasteiger partial charge in [0.25, 0.3) is 5.91 Å². The molecule has 0 spiro atoms. The topological polar surface area (TPSA) is 38.3 Å². The van der Waals surface area contributed by atoms with E-state index in [9.17, 15) is 4.79 Å². The molecule has 2 rings (SSSR count). The highest BCUT2D eigenvalue weighted by Gasteiger charge is 2.06. The van der Waals surface area contributed by atoms with E-state index < -0.39 is 0 Å². The smallest absolute Gasteiger partial charge is 0.251 e. The lowest BCUT2D eigenvalue weighted by molar-refractivity contribution is 0.0947. The fraction of sp³-hybridized carbons (Fsp3) is 0.316. The Hall–Kier alpha value is -2.29. The lowest BCUT2D eigenvalue weighted by Gasteiger charge is -2.10. The maximum atomic E-state index is 12.1. The van der Waals surface area contributed by atoms with Gasteiger partial charge in [0.15, 0.2) is 0 Å². The van der Waals surface area contributed by atoms with Gasteiger partial charge < -0.3 is 10.1 Å². The summed E-state index contributed by atoms with van der Waals surface area (Å²) in [7, 11) is 0. The predicted octanol–water partition coefficient (Wildman–Crippen LogP) is 3.73. The number of carbonyl (C=O) groups excluding carboxylic acids is 1. The van der Waals surface area contributed by atoms with Crippen molar-refractivity contribution in [3.05, 3.63) is 64.2 Å². The molecule has 0 saturated carbocycles. The molecular formula is C19H23NO2. The van der Waals surface area contributed by atoms with Crippen molar-refractivity contribution in [1.29, 1.82) is 0 Å². The van der Waals surface area contributed by atoms with Crippen LogP contribution in [-0.4, -0.2) is 19.1 Å². The Morgan fingerprint density at radius 3 is 2.18 bits per heavy atom. The molecule has 0 bridgehead atoms. The number of ether oxygens (including phenoxy) is 1. The molecule has 0 aromatic heterocycles. The number of hydrogen-bond acceptors (Lipinski definition) is 2. The zero-order valence-corrected chi connectivity index (χ0v) is 13.7. The van der Waals surface area contributed by atoms with Gasteiger partial charge >= 0.3 is 0 Å². The van der Waals surface area contributed by atoms with E-state index >= 15 is 0 Å². The van der Waals surface area contributed by atoms with Crippen LogP contribution in [0.15, 0.2) is 36.4 Å². The van der Waals surface area contributed by atoms with Crippen molar-refractivity contribution in [2.75, 3.05) is 13.2 Å². The van der Waals surface area contributed by atoms with Crippen LogP contribution in [0.3, 0.4) is 0 Å². The summed E-state index contributed by atoms with van der Waals surface area (Å²) in [5.74, 6) is 0.773. The summed E-state index contributed by atoms with van der Waals surface area (Å²) in [4.78, 5) is 12.1. The summed E-state index contributed by atoms with van der Waals surface area (Å²) in [6.45, 7) is 9.12. The highest BCUT2D eigenvalue weighted by Crippen LogP contribution is 2.16. The van der Waals surface area contributed by atoms with Crippen molar-refractivity contribution in [1.82, 2.24) is 5.32 Å². The average molecular weight is 297 g/mol. The Labute approximate surface area is 132 Å². The van der Waals surface area contributed by atoms with Crippen LogP contribution < -0.4 is 10.1 Å². The second-order valence-corrected chi connectivity index (χ2v) is 5.65. The molecule has 116 valence electrons. The second-order valence-electron chi connectivity index (χ2n) is 5.65. The van der Waals surface area contributed by atoms with Gasteiger partial charge in [0.1, 0.15) is 12.4 Å². The highest BCUT2D eigenvalue weighted by molar-refractivity contribution is 5.94. The minimum absolute atomic E-state index is 0.0632. The molecule has 0 heterocycles. The Kier molecular flexibility index (Phi) is 5.21. The maximum absolute atomic E-state index is 12.1. The molecule has 1 amide bonds. The monoisotopic (exact) mass is 297 g/mol. The number of amides is 1. The third-order valence-corrected chi connectivity index (χ3v) is 3.90. The van der Waals surface area contributed by atoms with Crippen molar-refractivity contribution in [3.63, 3.8) is 0 Å². The van der Waals surface area contributed by atoms with E-state index in [0.717, 1.165) is 11.3 Å². The number of aryl methyl sites for hydroxylation is 4. The quantitative estimate of drug-likeness (QED) is 0.854. The minimum atomic E-state index is -0.0632. The molecule has 2 aromatic carbocycles. The van der Waals surface area contributed by atoms with Crippen LogP contribution in [0.1, 0.15) is 32.6 Å². The molecule has 3 nitrogen and oxygen atoms in total. The SMILES string of the molecule is Cc1ccc(OCCNC(=O)c2ccc(C)c(C)c2)cc1C.